The molecule has 0 aliphatic carbocycles. The Bertz CT molecular complexity index is 1030. The molecule has 0 saturated heterocycles. The summed E-state index contributed by atoms with van der Waals surface area (Å²) in [6, 6.07) is 14.9. The average Bonchev–Trinajstić information content (AvgIpc) is 3.05. The fraction of sp³-hybridized carbons (Fsp3) is 0.217. The van der Waals surface area contributed by atoms with Gasteiger partial charge in [-0.1, -0.05) is 30.3 Å². The fourth-order valence-electron chi connectivity index (χ4n) is 2.97. The summed E-state index contributed by atoms with van der Waals surface area (Å²) >= 11 is 1.26. The molecule has 0 fully saturated rings. The minimum absolute atomic E-state index is 0.192. The predicted molar refractivity (Wildman–Crippen MR) is 116 cm³/mol. The molecule has 5 nitrogen and oxygen atoms in total. The monoisotopic (exact) mass is 427 g/mol. The number of esters is 1. The van der Waals surface area contributed by atoms with E-state index in [0.717, 1.165) is 4.88 Å². The van der Waals surface area contributed by atoms with E-state index in [1.165, 1.54) is 23.5 Å². The van der Waals surface area contributed by atoms with Crippen molar-refractivity contribution in [3.63, 3.8) is 0 Å². The van der Waals surface area contributed by atoms with Crippen molar-refractivity contribution in [1.29, 1.82) is 0 Å². The van der Waals surface area contributed by atoms with Crippen molar-refractivity contribution in [3.05, 3.63) is 70.9 Å². The number of hydrogen-bond donors (Lipinski definition) is 1. The van der Waals surface area contributed by atoms with Gasteiger partial charge in [0.05, 0.1) is 6.61 Å². The molecule has 0 radical (unpaired) electrons. The van der Waals surface area contributed by atoms with Crippen LogP contribution in [0.3, 0.4) is 0 Å². The normalized spacial score (nSPS) is 11.6. The number of nitrogens with one attached hydrogen (secondary N) is 1. The highest BCUT2D eigenvalue weighted by molar-refractivity contribution is 7.17. The number of rotatable bonds is 7. The predicted octanol–water partition coefficient (Wildman–Crippen LogP) is 5.45. The van der Waals surface area contributed by atoms with E-state index in [4.69, 9.17) is 9.47 Å². The highest BCUT2D eigenvalue weighted by Crippen LogP contribution is 2.40. The first-order chi connectivity index (χ1) is 14.4. The molecule has 7 heteroatoms. The third-order valence-electron chi connectivity index (χ3n) is 4.36. The smallest absolute Gasteiger partial charge is 0.341 e. The van der Waals surface area contributed by atoms with Crippen LogP contribution in [0.15, 0.2) is 54.6 Å². The number of amides is 1. The van der Waals surface area contributed by atoms with Gasteiger partial charge in [0, 0.05) is 10.4 Å². The van der Waals surface area contributed by atoms with E-state index in [9.17, 15) is 14.0 Å². The Labute approximate surface area is 178 Å². The van der Waals surface area contributed by atoms with Crippen LogP contribution in [0.25, 0.3) is 11.1 Å². The highest BCUT2D eigenvalue weighted by atomic mass is 32.1. The molecule has 0 aliphatic heterocycles. The van der Waals surface area contributed by atoms with Crippen molar-refractivity contribution < 1.29 is 23.5 Å². The molecule has 0 bridgehead atoms. The topological polar surface area (TPSA) is 64.6 Å². The number of halogens is 1. The Morgan fingerprint density at radius 2 is 1.77 bits per heavy atom. The van der Waals surface area contributed by atoms with E-state index in [1.54, 1.807) is 38.1 Å². The number of ether oxygens (including phenoxy) is 2. The van der Waals surface area contributed by atoms with E-state index in [1.807, 2.05) is 25.1 Å². The largest absolute Gasteiger partial charge is 0.481 e. The lowest BCUT2D eigenvalue weighted by Crippen LogP contribution is -2.30. The zero-order chi connectivity index (χ0) is 21.7. The molecule has 0 unspecified atom stereocenters. The third kappa shape index (κ3) is 4.86. The van der Waals surface area contributed by atoms with Gasteiger partial charge in [-0.15, -0.1) is 11.3 Å². The van der Waals surface area contributed by atoms with Crippen LogP contribution in [0, 0.1) is 12.7 Å². The Hall–Kier alpha value is -3.19. The fourth-order valence-corrected chi connectivity index (χ4v) is 4.03. The average molecular weight is 427 g/mol. The van der Waals surface area contributed by atoms with Gasteiger partial charge in [0.2, 0.25) is 0 Å². The minimum atomic E-state index is -0.779. The van der Waals surface area contributed by atoms with Gasteiger partial charge in [0.15, 0.2) is 6.10 Å². The van der Waals surface area contributed by atoms with Crippen molar-refractivity contribution in [2.75, 3.05) is 11.9 Å². The second-order valence-corrected chi connectivity index (χ2v) is 7.75. The number of carbonyl (C=O) groups is 2. The molecular weight excluding hydrogens is 405 g/mol. The van der Waals surface area contributed by atoms with Gasteiger partial charge < -0.3 is 14.8 Å². The summed E-state index contributed by atoms with van der Waals surface area (Å²) in [5.74, 6) is -0.741. The molecule has 2 aromatic carbocycles. The van der Waals surface area contributed by atoms with E-state index >= 15 is 0 Å². The zero-order valence-electron chi connectivity index (χ0n) is 16.9. The Morgan fingerprint density at radius 3 is 2.40 bits per heavy atom. The molecule has 0 saturated carbocycles. The van der Waals surface area contributed by atoms with E-state index in [-0.39, 0.29) is 18.0 Å². The second kappa shape index (κ2) is 9.54. The molecule has 1 atom stereocenters. The van der Waals surface area contributed by atoms with Crippen molar-refractivity contribution in [1.82, 2.24) is 0 Å². The number of para-hydroxylation sites is 1. The van der Waals surface area contributed by atoms with Crippen LogP contribution in [0.5, 0.6) is 5.75 Å². The van der Waals surface area contributed by atoms with Crippen LogP contribution in [0.2, 0.25) is 0 Å². The van der Waals surface area contributed by atoms with Crippen LogP contribution in [-0.2, 0) is 9.53 Å². The van der Waals surface area contributed by atoms with Gasteiger partial charge in [-0.05, 0) is 50.6 Å². The molecule has 1 amide bonds. The van der Waals surface area contributed by atoms with Crippen LogP contribution >= 0.6 is 11.3 Å². The molecule has 156 valence electrons. The quantitative estimate of drug-likeness (QED) is 0.510. The third-order valence-corrected chi connectivity index (χ3v) is 5.38. The first-order valence-corrected chi connectivity index (χ1v) is 10.3. The van der Waals surface area contributed by atoms with Gasteiger partial charge in [-0.2, -0.15) is 0 Å². The number of benzene rings is 2. The van der Waals surface area contributed by atoms with E-state index < -0.39 is 18.0 Å². The molecule has 1 heterocycles. The SMILES string of the molecule is CCOC(=O)c1c(NC(=O)[C@H](C)Oc2ccccc2)sc(C)c1-c1ccc(F)cc1. The molecule has 1 N–H and O–H groups in total. The standard InChI is InChI=1S/C23H22FNO4S/c1-4-28-23(27)20-19(16-10-12-17(24)13-11-16)15(3)30-22(20)25-21(26)14(2)29-18-8-6-5-7-9-18/h5-14H,4H2,1-3H3,(H,25,26)/t14-/m0/s1. The lowest BCUT2D eigenvalue weighted by atomic mass is 10.0. The molecule has 0 aliphatic rings. The molecule has 30 heavy (non-hydrogen) atoms. The summed E-state index contributed by atoms with van der Waals surface area (Å²) < 4.78 is 24.3. The summed E-state index contributed by atoms with van der Waals surface area (Å²) in [7, 11) is 0. The number of hydrogen-bond acceptors (Lipinski definition) is 5. The lowest BCUT2D eigenvalue weighted by Gasteiger charge is -2.15. The second-order valence-electron chi connectivity index (χ2n) is 6.53. The van der Waals surface area contributed by atoms with Crippen LogP contribution in [0.4, 0.5) is 9.39 Å². The van der Waals surface area contributed by atoms with Gasteiger partial charge in [0.1, 0.15) is 22.1 Å². The maximum Gasteiger partial charge on any atom is 0.341 e. The molecule has 3 rings (SSSR count). The summed E-state index contributed by atoms with van der Waals surface area (Å²) in [5, 5.41) is 3.17. The van der Waals surface area contributed by atoms with Gasteiger partial charge in [-0.25, -0.2) is 9.18 Å². The van der Waals surface area contributed by atoms with E-state index in [2.05, 4.69) is 5.32 Å². The van der Waals surface area contributed by atoms with Crippen LogP contribution in [-0.4, -0.2) is 24.6 Å². The number of anilines is 1. The lowest BCUT2D eigenvalue weighted by molar-refractivity contribution is -0.122. The highest BCUT2D eigenvalue weighted by Gasteiger charge is 2.27. The summed E-state index contributed by atoms with van der Waals surface area (Å²) in [5.41, 5.74) is 1.54. The van der Waals surface area contributed by atoms with Crippen LogP contribution in [0.1, 0.15) is 29.1 Å². The molecule has 1 aromatic heterocycles. The van der Waals surface area contributed by atoms with Crippen molar-refractivity contribution in [3.8, 4) is 16.9 Å². The van der Waals surface area contributed by atoms with Gasteiger partial charge in [0.25, 0.3) is 5.91 Å². The van der Waals surface area contributed by atoms with Gasteiger partial charge in [-0.3, -0.25) is 4.79 Å². The maximum absolute atomic E-state index is 13.4. The van der Waals surface area contributed by atoms with E-state index in [0.29, 0.717) is 21.9 Å². The number of thiophene rings is 1. The molecule has 3 aromatic rings. The Morgan fingerprint density at radius 1 is 1.10 bits per heavy atom. The number of aryl methyl sites for hydroxylation is 1. The first kappa shape index (κ1) is 21.5. The molecular formula is C23H22FNO4S. The molecule has 0 spiro atoms. The van der Waals surface area contributed by atoms with Gasteiger partial charge >= 0.3 is 5.97 Å². The van der Waals surface area contributed by atoms with Crippen molar-refractivity contribution in [2.24, 2.45) is 0 Å². The Kier molecular flexibility index (Phi) is 6.84. The first-order valence-electron chi connectivity index (χ1n) is 9.49. The maximum atomic E-state index is 13.4. The van der Waals surface area contributed by atoms with Crippen molar-refractivity contribution in [2.45, 2.75) is 26.9 Å². The van der Waals surface area contributed by atoms with Crippen LogP contribution < -0.4 is 10.1 Å². The summed E-state index contributed by atoms with van der Waals surface area (Å²) in [6.45, 7) is 5.37. The zero-order valence-corrected chi connectivity index (χ0v) is 17.7. The van der Waals surface area contributed by atoms with Crippen molar-refractivity contribution >= 4 is 28.2 Å². The summed E-state index contributed by atoms with van der Waals surface area (Å²) in [6.07, 6.45) is -0.779. The summed E-state index contributed by atoms with van der Waals surface area (Å²) in [4.78, 5) is 26.2. The minimum Gasteiger partial charge on any atom is -0.481 e. The Balaban J connectivity index is 1.92. The number of carbonyl (C=O) groups excluding carboxylic acids is 2.